The first kappa shape index (κ1) is 14.3. The van der Waals surface area contributed by atoms with Gasteiger partial charge >= 0.3 is 0 Å². The molecule has 0 spiro atoms. The van der Waals surface area contributed by atoms with Crippen LogP contribution in [0, 0.1) is 16.7 Å². The maximum absolute atomic E-state index is 8.56. The average Bonchev–Trinajstić information content (AvgIpc) is 2.29. The minimum atomic E-state index is -0.0973. The Morgan fingerprint density at radius 3 is 2.56 bits per heavy atom. The van der Waals surface area contributed by atoms with E-state index in [9.17, 15) is 0 Å². The van der Waals surface area contributed by atoms with Crippen LogP contribution < -0.4 is 16.7 Å². The zero-order chi connectivity index (χ0) is 11.1. The van der Waals surface area contributed by atoms with Crippen molar-refractivity contribution in [1.29, 1.82) is 10.7 Å². The Balaban J connectivity index is 0.00000225. The van der Waals surface area contributed by atoms with Gasteiger partial charge in [-0.15, -0.1) is 24.0 Å². The van der Waals surface area contributed by atoms with Crippen LogP contribution in [0.2, 0.25) is 0 Å². The number of nitrogens with one attached hydrogen (secondary N) is 3. The van der Waals surface area contributed by atoms with Crippen LogP contribution in [0.1, 0.15) is 11.1 Å². The molecule has 0 bridgehead atoms. The van der Waals surface area contributed by atoms with E-state index in [2.05, 4.69) is 16.0 Å². The van der Waals surface area contributed by atoms with Gasteiger partial charge in [0.15, 0.2) is 0 Å². The molecule has 7 heteroatoms. The predicted octanol–water partition coefficient (Wildman–Crippen LogP) is 0.498. The van der Waals surface area contributed by atoms with Gasteiger partial charge in [-0.1, -0.05) is 12.1 Å². The molecule has 1 rings (SSSR count). The molecule has 0 heterocycles. The normalized spacial score (nSPS) is 9.00. The summed E-state index contributed by atoms with van der Waals surface area (Å²) in [6, 6.07) is 8.90. The predicted molar refractivity (Wildman–Crippen MR) is 72.4 cm³/mol. The minimum Gasteiger partial charge on any atom is -0.293 e. The molecule has 0 aromatic heterocycles. The number of nitrogens with two attached hydrogens (primary N) is 1. The van der Waals surface area contributed by atoms with Crippen LogP contribution >= 0.6 is 24.0 Å². The quantitative estimate of drug-likeness (QED) is 0.208. The maximum atomic E-state index is 8.56. The molecule has 5 N–H and O–H groups in total. The van der Waals surface area contributed by atoms with Crippen LogP contribution in [0.25, 0.3) is 0 Å². The highest BCUT2D eigenvalue weighted by Gasteiger charge is 1.90. The second-order valence-corrected chi connectivity index (χ2v) is 2.62. The van der Waals surface area contributed by atoms with Crippen molar-refractivity contribution in [2.24, 2.45) is 10.9 Å². The lowest BCUT2D eigenvalue weighted by Crippen LogP contribution is -2.38. The SMILES string of the molecule is I.N#Cc1ccc(/C=N/NC(=N)NN)cc1. The lowest BCUT2D eigenvalue weighted by molar-refractivity contribution is 0.889. The third kappa shape index (κ3) is 4.72. The van der Waals surface area contributed by atoms with Crippen LogP contribution in [0.3, 0.4) is 0 Å². The summed E-state index contributed by atoms with van der Waals surface area (Å²) in [5.41, 5.74) is 5.87. The molecule has 0 radical (unpaired) electrons. The van der Waals surface area contributed by atoms with Gasteiger partial charge in [0, 0.05) is 0 Å². The van der Waals surface area contributed by atoms with Gasteiger partial charge in [-0.2, -0.15) is 10.4 Å². The highest BCUT2D eigenvalue weighted by atomic mass is 127. The van der Waals surface area contributed by atoms with Crippen LogP contribution in [0.5, 0.6) is 0 Å². The summed E-state index contributed by atoms with van der Waals surface area (Å²) in [5.74, 6) is 4.85. The maximum Gasteiger partial charge on any atom is 0.223 e. The molecule has 1 aromatic rings. The van der Waals surface area contributed by atoms with E-state index < -0.39 is 0 Å². The first-order chi connectivity index (χ1) is 7.26. The number of rotatable bonds is 2. The summed E-state index contributed by atoms with van der Waals surface area (Å²) >= 11 is 0. The van der Waals surface area contributed by atoms with Gasteiger partial charge in [0.05, 0.1) is 17.8 Å². The Morgan fingerprint density at radius 2 is 2.06 bits per heavy atom. The van der Waals surface area contributed by atoms with Crippen molar-refractivity contribution >= 4 is 36.2 Å². The highest BCUT2D eigenvalue weighted by Crippen LogP contribution is 2.00. The topological polar surface area (TPSA) is 110 Å². The number of hydrogen-bond donors (Lipinski definition) is 4. The van der Waals surface area contributed by atoms with E-state index in [1.165, 1.54) is 6.21 Å². The van der Waals surface area contributed by atoms with E-state index in [4.69, 9.17) is 16.5 Å². The standard InChI is InChI=1S/C9H10N6.HI/c10-5-7-1-3-8(4-2-7)6-13-15-9(11)14-12;/h1-4,6H,12H2,(H3,11,14,15);1H/b13-6+;. The molecule has 0 atom stereocenters. The van der Waals surface area contributed by atoms with Gasteiger partial charge in [-0.25, -0.2) is 11.3 Å². The summed E-state index contributed by atoms with van der Waals surface area (Å²) in [7, 11) is 0. The number of nitriles is 1. The van der Waals surface area contributed by atoms with E-state index in [0.717, 1.165) is 5.56 Å². The Kier molecular flexibility index (Phi) is 6.82. The molecular formula is C9H11IN6. The molecule has 1 aromatic carbocycles. The molecule has 84 valence electrons. The molecule has 0 unspecified atom stereocenters. The van der Waals surface area contributed by atoms with Crippen LogP contribution in [-0.2, 0) is 0 Å². The van der Waals surface area contributed by atoms with Crippen molar-refractivity contribution in [3.8, 4) is 6.07 Å². The molecule has 16 heavy (non-hydrogen) atoms. The lowest BCUT2D eigenvalue weighted by atomic mass is 10.2. The van der Waals surface area contributed by atoms with Crippen molar-refractivity contribution in [2.75, 3.05) is 0 Å². The first-order valence-electron chi connectivity index (χ1n) is 4.10. The lowest BCUT2D eigenvalue weighted by Gasteiger charge is -1.99. The Bertz CT molecular complexity index is 405. The number of halogens is 1. The summed E-state index contributed by atoms with van der Waals surface area (Å²) in [6.45, 7) is 0. The van der Waals surface area contributed by atoms with E-state index in [1.807, 2.05) is 6.07 Å². The van der Waals surface area contributed by atoms with E-state index in [-0.39, 0.29) is 29.9 Å². The number of nitrogens with zero attached hydrogens (tertiary/aromatic N) is 2. The first-order valence-corrected chi connectivity index (χ1v) is 4.10. The van der Waals surface area contributed by atoms with Crippen molar-refractivity contribution in [3.05, 3.63) is 35.4 Å². The number of guanidine groups is 1. The second kappa shape index (κ2) is 7.61. The molecule has 6 nitrogen and oxygen atoms in total. The third-order valence-corrected chi connectivity index (χ3v) is 1.57. The van der Waals surface area contributed by atoms with E-state index in [0.29, 0.717) is 5.56 Å². The minimum absolute atomic E-state index is 0. The molecule has 0 saturated carbocycles. The molecule has 0 fully saturated rings. The average molecular weight is 330 g/mol. The highest BCUT2D eigenvalue weighted by molar-refractivity contribution is 14.0. The van der Waals surface area contributed by atoms with Gasteiger partial charge < -0.3 is 0 Å². The number of benzene rings is 1. The summed E-state index contributed by atoms with van der Waals surface area (Å²) < 4.78 is 0. The second-order valence-electron chi connectivity index (χ2n) is 2.62. The van der Waals surface area contributed by atoms with Gasteiger partial charge in [-0.3, -0.25) is 10.8 Å². The zero-order valence-electron chi connectivity index (χ0n) is 8.27. The van der Waals surface area contributed by atoms with E-state index >= 15 is 0 Å². The Labute approximate surface area is 110 Å². The molecule has 0 aliphatic carbocycles. The van der Waals surface area contributed by atoms with Gasteiger partial charge in [0.25, 0.3) is 0 Å². The van der Waals surface area contributed by atoms with Gasteiger partial charge in [0.1, 0.15) is 0 Å². The van der Waals surface area contributed by atoms with Crippen molar-refractivity contribution < 1.29 is 0 Å². The number of hydrazone groups is 1. The Hall–Kier alpha value is -1.66. The van der Waals surface area contributed by atoms with Crippen molar-refractivity contribution in [3.63, 3.8) is 0 Å². The van der Waals surface area contributed by atoms with Crippen LogP contribution in [0.15, 0.2) is 29.4 Å². The molecule has 0 aliphatic rings. The summed E-state index contributed by atoms with van der Waals surface area (Å²) in [6.07, 6.45) is 1.52. The molecule has 0 aliphatic heterocycles. The fourth-order valence-electron chi connectivity index (χ4n) is 0.847. The fraction of sp³-hybridized carbons (Fsp3) is 0. The van der Waals surface area contributed by atoms with Crippen molar-refractivity contribution in [2.45, 2.75) is 0 Å². The number of hydrazine groups is 1. The van der Waals surface area contributed by atoms with Crippen LogP contribution in [0.4, 0.5) is 0 Å². The summed E-state index contributed by atoms with van der Waals surface area (Å²) in [4.78, 5) is 0. The van der Waals surface area contributed by atoms with Crippen LogP contribution in [-0.4, -0.2) is 12.2 Å². The largest absolute Gasteiger partial charge is 0.293 e. The molecule has 0 amide bonds. The monoisotopic (exact) mass is 330 g/mol. The third-order valence-electron chi connectivity index (χ3n) is 1.57. The smallest absolute Gasteiger partial charge is 0.223 e. The van der Waals surface area contributed by atoms with Gasteiger partial charge in [0.2, 0.25) is 5.96 Å². The fourth-order valence-corrected chi connectivity index (χ4v) is 0.847. The van der Waals surface area contributed by atoms with E-state index in [1.54, 1.807) is 24.3 Å². The molecular weight excluding hydrogens is 319 g/mol. The zero-order valence-corrected chi connectivity index (χ0v) is 10.6. The van der Waals surface area contributed by atoms with Gasteiger partial charge in [-0.05, 0) is 17.7 Å². The summed E-state index contributed by atoms with van der Waals surface area (Å²) in [5, 5.41) is 19.4. The van der Waals surface area contributed by atoms with Crippen molar-refractivity contribution in [1.82, 2.24) is 10.9 Å². The molecule has 0 saturated heterocycles. The Morgan fingerprint density at radius 1 is 1.44 bits per heavy atom. The number of hydrogen-bond acceptors (Lipinski definition) is 4.